The Morgan fingerprint density at radius 3 is 2.76 bits per heavy atom. The number of fused-ring (bicyclic) bond motifs is 1. The predicted molar refractivity (Wildman–Crippen MR) is 86.5 cm³/mol. The van der Waals surface area contributed by atoms with E-state index in [1.54, 1.807) is 11.0 Å². The molecular formula is C17H21N3O5. The molecule has 3 amide bonds. The second-order valence-electron chi connectivity index (χ2n) is 7.17. The molecule has 0 bridgehead atoms. The number of carbonyl (C=O) groups excluding carboxylic acids is 3. The predicted octanol–water partition coefficient (Wildman–Crippen LogP) is 1.52. The van der Waals surface area contributed by atoms with Crippen LogP contribution >= 0.6 is 0 Å². The Morgan fingerprint density at radius 2 is 2.08 bits per heavy atom. The summed E-state index contributed by atoms with van der Waals surface area (Å²) in [5.41, 5.74) is 1.08. The minimum atomic E-state index is -0.707. The SMILES string of the molecule is CC(C)(C)OC(=O)N1Cc2cc(OC3CCC(=O)NC3=O)cnc2C1. The summed E-state index contributed by atoms with van der Waals surface area (Å²) in [6, 6.07) is 1.77. The van der Waals surface area contributed by atoms with Crippen LogP contribution in [-0.2, 0) is 27.4 Å². The Labute approximate surface area is 145 Å². The first kappa shape index (κ1) is 17.2. The fourth-order valence-corrected chi connectivity index (χ4v) is 2.71. The number of ether oxygens (including phenoxy) is 2. The standard InChI is InChI=1S/C17H21N3O5/c1-17(2,3)25-16(23)20-8-10-6-11(7-18-12(10)9-20)24-13-4-5-14(21)19-15(13)22/h6-7,13H,4-5,8-9H2,1-3H3,(H,19,21,22). The minimum absolute atomic E-state index is 0.251. The van der Waals surface area contributed by atoms with Crippen LogP contribution in [0.25, 0.3) is 0 Å². The number of nitrogens with zero attached hydrogens (tertiary/aromatic N) is 2. The van der Waals surface area contributed by atoms with Gasteiger partial charge in [-0.15, -0.1) is 0 Å². The summed E-state index contributed by atoms with van der Waals surface area (Å²) in [7, 11) is 0. The van der Waals surface area contributed by atoms with E-state index in [1.807, 2.05) is 20.8 Å². The van der Waals surface area contributed by atoms with Gasteiger partial charge in [-0.05, 0) is 32.4 Å². The van der Waals surface area contributed by atoms with E-state index >= 15 is 0 Å². The van der Waals surface area contributed by atoms with Crippen LogP contribution in [0.1, 0.15) is 44.9 Å². The third-order valence-electron chi connectivity index (χ3n) is 3.86. The van der Waals surface area contributed by atoms with E-state index in [-0.39, 0.29) is 12.3 Å². The van der Waals surface area contributed by atoms with Crippen molar-refractivity contribution in [1.29, 1.82) is 0 Å². The zero-order valence-corrected chi connectivity index (χ0v) is 14.5. The smallest absolute Gasteiger partial charge is 0.410 e. The first-order valence-electron chi connectivity index (χ1n) is 8.17. The van der Waals surface area contributed by atoms with Crippen LogP contribution in [0.4, 0.5) is 4.79 Å². The Bertz CT molecular complexity index is 725. The molecule has 1 fully saturated rings. The van der Waals surface area contributed by atoms with Crippen LogP contribution < -0.4 is 10.1 Å². The van der Waals surface area contributed by atoms with Crippen LogP contribution in [0.3, 0.4) is 0 Å². The summed E-state index contributed by atoms with van der Waals surface area (Å²) in [6.45, 7) is 6.21. The lowest BCUT2D eigenvalue weighted by atomic mass is 10.1. The first-order valence-corrected chi connectivity index (χ1v) is 8.17. The van der Waals surface area contributed by atoms with Crippen molar-refractivity contribution in [1.82, 2.24) is 15.2 Å². The van der Waals surface area contributed by atoms with Crippen LogP contribution in [-0.4, -0.2) is 39.5 Å². The molecule has 1 atom stereocenters. The highest BCUT2D eigenvalue weighted by Gasteiger charge is 2.31. The van der Waals surface area contributed by atoms with Gasteiger partial charge >= 0.3 is 6.09 Å². The largest absolute Gasteiger partial charge is 0.479 e. The topological polar surface area (TPSA) is 97.8 Å². The lowest BCUT2D eigenvalue weighted by Crippen LogP contribution is -2.46. The van der Waals surface area contributed by atoms with Crippen LogP contribution in [0.5, 0.6) is 5.75 Å². The number of imide groups is 1. The van der Waals surface area contributed by atoms with Crippen molar-refractivity contribution in [2.75, 3.05) is 0 Å². The molecule has 0 saturated carbocycles. The Morgan fingerprint density at radius 1 is 1.32 bits per heavy atom. The maximum Gasteiger partial charge on any atom is 0.410 e. The second-order valence-corrected chi connectivity index (χ2v) is 7.17. The lowest BCUT2D eigenvalue weighted by Gasteiger charge is -2.23. The van der Waals surface area contributed by atoms with E-state index in [4.69, 9.17) is 9.47 Å². The number of nitrogens with one attached hydrogen (secondary N) is 1. The summed E-state index contributed by atoms with van der Waals surface area (Å²) in [6.07, 6.45) is 1.02. The van der Waals surface area contributed by atoms with Gasteiger partial charge in [0, 0.05) is 12.8 Å². The molecular weight excluding hydrogens is 326 g/mol. The van der Waals surface area contributed by atoms with Gasteiger partial charge in [0.25, 0.3) is 5.91 Å². The van der Waals surface area contributed by atoms with E-state index < -0.39 is 23.7 Å². The Hall–Kier alpha value is -2.64. The van der Waals surface area contributed by atoms with Crippen molar-refractivity contribution in [3.8, 4) is 5.75 Å². The number of aromatic nitrogens is 1. The van der Waals surface area contributed by atoms with Crippen LogP contribution in [0, 0.1) is 0 Å². The lowest BCUT2D eigenvalue weighted by molar-refractivity contribution is -0.138. The molecule has 25 heavy (non-hydrogen) atoms. The number of hydrogen-bond acceptors (Lipinski definition) is 6. The summed E-state index contributed by atoms with van der Waals surface area (Å²) in [5, 5.41) is 2.25. The van der Waals surface area contributed by atoms with E-state index in [2.05, 4.69) is 10.3 Å². The first-order chi connectivity index (χ1) is 11.7. The highest BCUT2D eigenvalue weighted by Crippen LogP contribution is 2.27. The average molecular weight is 347 g/mol. The van der Waals surface area contributed by atoms with Gasteiger partial charge in [0.15, 0.2) is 6.10 Å². The second kappa shape index (κ2) is 6.34. The summed E-state index contributed by atoms with van der Waals surface area (Å²) in [4.78, 5) is 41.0. The van der Waals surface area contributed by atoms with E-state index in [9.17, 15) is 14.4 Å². The molecule has 0 spiro atoms. The molecule has 1 aromatic heterocycles. The van der Waals surface area contributed by atoms with Crippen LogP contribution in [0.2, 0.25) is 0 Å². The highest BCUT2D eigenvalue weighted by atomic mass is 16.6. The van der Waals surface area contributed by atoms with Crippen LogP contribution in [0.15, 0.2) is 12.3 Å². The van der Waals surface area contributed by atoms with Gasteiger partial charge in [-0.1, -0.05) is 0 Å². The third-order valence-corrected chi connectivity index (χ3v) is 3.86. The molecule has 8 nitrogen and oxygen atoms in total. The molecule has 0 aromatic carbocycles. The molecule has 0 aliphatic carbocycles. The van der Waals surface area contributed by atoms with Crippen molar-refractivity contribution >= 4 is 17.9 Å². The fraction of sp³-hybridized carbons (Fsp3) is 0.529. The molecule has 2 aliphatic rings. The van der Waals surface area contributed by atoms with Gasteiger partial charge in [0.05, 0.1) is 25.0 Å². The summed E-state index contributed by atoms with van der Waals surface area (Å²) in [5.74, 6) is -0.281. The Kier molecular flexibility index (Phi) is 4.36. The molecule has 1 unspecified atom stereocenters. The quantitative estimate of drug-likeness (QED) is 0.815. The number of hydrogen-bond donors (Lipinski definition) is 1. The molecule has 8 heteroatoms. The number of carbonyl (C=O) groups is 3. The fourth-order valence-electron chi connectivity index (χ4n) is 2.71. The molecule has 1 saturated heterocycles. The van der Waals surface area contributed by atoms with E-state index in [1.165, 1.54) is 6.20 Å². The van der Waals surface area contributed by atoms with Crippen molar-refractivity contribution < 1.29 is 23.9 Å². The van der Waals surface area contributed by atoms with Crippen molar-refractivity contribution in [3.63, 3.8) is 0 Å². The summed E-state index contributed by atoms with van der Waals surface area (Å²) < 4.78 is 11.0. The van der Waals surface area contributed by atoms with Crippen molar-refractivity contribution in [2.24, 2.45) is 0 Å². The number of amides is 3. The zero-order chi connectivity index (χ0) is 18.2. The summed E-state index contributed by atoms with van der Waals surface area (Å²) >= 11 is 0. The highest BCUT2D eigenvalue weighted by molar-refractivity contribution is 5.99. The van der Waals surface area contributed by atoms with Crippen molar-refractivity contribution in [3.05, 3.63) is 23.5 Å². The molecule has 134 valence electrons. The van der Waals surface area contributed by atoms with E-state index in [0.717, 1.165) is 11.3 Å². The minimum Gasteiger partial charge on any atom is -0.479 e. The molecule has 1 aromatic rings. The van der Waals surface area contributed by atoms with Gasteiger partial charge in [-0.25, -0.2) is 4.79 Å². The zero-order valence-electron chi connectivity index (χ0n) is 14.5. The molecule has 3 heterocycles. The average Bonchev–Trinajstić information content (AvgIpc) is 2.92. The monoisotopic (exact) mass is 347 g/mol. The molecule has 2 aliphatic heterocycles. The number of rotatable bonds is 2. The van der Waals surface area contributed by atoms with Gasteiger partial charge in [-0.3, -0.25) is 24.8 Å². The van der Waals surface area contributed by atoms with E-state index in [0.29, 0.717) is 25.3 Å². The van der Waals surface area contributed by atoms with Gasteiger partial charge < -0.3 is 9.47 Å². The number of piperidine rings is 1. The van der Waals surface area contributed by atoms with Gasteiger partial charge in [0.1, 0.15) is 11.4 Å². The molecule has 3 rings (SSSR count). The normalized spacial score (nSPS) is 20.1. The van der Waals surface area contributed by atoms with Gasteiger partial charge in [-0.2, -0.15) is 0 Å². The third kappa shape index (κ3) is 4.07. The molecule has 0 radical (unpaired) electrons. The maximum atomic E-state index is 12.2. The molecule has 1 N–H and O–H groups in total. The van der Waals surface area contributed by atoms with Crippen molar-refractivity contribution in [2.45, 2.75) is 58.4 Å². The van der Waals surface area contributed by atoms with Gasteiger partial charge in [0.2, 0.25) is 5.91 Å². The maximum absolute atomic E-state index is 12.2. The Balaban J connectivity index is 1.65. The number of pyridine rings is 1.